The number of hydrogen-bond donors (Lipinski definition) is 1. The third kappa shape index (κ3) is 3.70. The first-order valence-corrected chi connectivity index (χ1v) is 8.50. The van der Waals surface area contributed by atoms with Gasteiger partial charge in [0.05, 0.1) is 5.69 Å². The van der Waals surface area contributed by atoms with Crippen LogP contribution in [0, 0.1) is 25.2 Å². The molecule has 0 amide bonds. The third-order valence-electron chi connectivity index (χ3n) is 3.60. The molecule has 0 unspecified atom stereocenters. The monoisotopic (exact) mass is 331 g/mol. The number of anilines is 1. The molecule has 0 saturated carbocycles. The highest BCUT2D eigenvalue weighted by Crippen LogP contribution is 2.26. The largest absolute Gasteiger partial charge is 0.360 e. The predicted molar refractivity (Wildman–Crippen MR) is 101 cm³/mol. The van der Waals surface area contributed by atoms with Crippen LogP contribution in [0.15, 0.2) is 60.1 Å². The van der Waals surface area contributed by atoms with Gasteiger partial charge in [-0.15, -0.1) is 11.3 Å². The van der Waals surface area contributed by atoms with Crippen LogP contribution >= 0.6 is 11.3 Å². The van der Waals surface area contributed by atoms with E-state index in [1.807, 2.05) is 36.6 Å². The fourth-order valence-electron chi connectivity index (χ4n) is 2.29. The first-order chi connectivity index (χ1) is 11.7. The second-order valence-corrected chi connectivity index (χ2v) is 6.45. The van der Waals surface area contributed by atoms with Gasteiger partial charge in [0.25, 0.3) is 0 Å². The van der Waals surface area contributed by atoms with Crippen molar-refractivity contribution in [2.75, 3.05) is 5.32 Å². The summed E-state index contributed by atoms with van der Waals surface area (Å²) in [6, 6.07) is 18.5. The minimum absolute atomic E-state index is 0.528. The summed E-state index contributed by atoms with van der Waals surface area (Å²) in [7, 11) is 0. The molecule has 0 aliphatic rings. The minimum Gasteiger partial charge on any atom is -0.360 e. The van der Waals surface area contributed by atoms with Gasteiger partial charge in [-0.05, 0) is 31.5 Å². The Morgan fingerprint density at radius 1 is 1.12 bits per heavy atom. The molecule has 2 aromatic carbocycles. The molecule has 3 aromatic rings. The van der Waals surface area contributed by atoms with Crippen molar-refractivity contribution in [2.24, 2.45) is 0 Å². The van der Waals surface area contributed by atoms with Crippen molar-refractivity contribution in [3.8, 4) is 17.3 Å². The molecule has 1 heterocycles. The molecular weight excluding hydrogens is 314 g/mol. The van der Waals surface area contributed by atoms with Crippen LogP contribution in [0.25, 0.3) is 16.8 Å². The van der Waals surface area contributed by atoms with Gasteiger partial charge in [-0.3, -0.25) is 0 Å². The zero-order valence-electron chi connectivity index (χ0n) is 13.6. The van der Waals surface area contributed by atoms with Crippen molar-refractivity contribution < 1.29 is 0 Å². The molecule has 1 aromatic heterocycles. The van der Waals surface area contributed by atoms with Gasteiger partial charge in [0.15, 0.2) is 0 Å². The Balaban J connectivity index is 1.82. The lowest BCUT2D eigenvalue weighted by Gasteiger charge is -2.02. The van der Waals surface area contributed by atoms with E-state index < -0.39 is 0 Å². The molecule has 0 spiro atoms. The topological polar surface area (TPSA) is 48.7 Å². The van der Waals surface area contributed by atoms with E-state index in [0.717, 1.165) is 16.9 Å². The average molecular weight is 331 g/mol. The molecule has 0 bridgehead atoms. The molecule has 4 heteroatoms. The van der Waals surface area contributed by atoms with Crippen molar-refractivity contribution in [3.63, 3.8) is 0 Å². The van der Waals surface area contributed by atoms with Crippen LogP contribution in [-0.4, -0.2) is 4.98 Å². The van der Waals surface area contributed by atoms with Crippen molar-refractivity contribution in [1.29, 1.82) is 5.26 Å². The minimum atomic E-state index is 0.528. The Bertz CT molecular complexity index is 915. The van der Waals surface area contributed by atoms with Gasteiger partial charge < -0.3 is 5.32 Å². The van der Waals surface area contributed by atoms with Gasteiger partial charge in [0.2, 0.25) is 0 Å². The number of nitriles is 1. The van der Waals surface area contributed by atoms with E-state index in [-0.39, 0.29) is 0 Å². The van der Waals surface area contributed by atoms with E-state index in [9.17, 15) is 5.26 Å². The number of aryl methyl sites for hydroxylation is 2. The molecule has 118 valence electrons. The number of benzene rings is 2. The van der Waals surface area contributed by atoms with Crippen molar-refractivity contribution in [3.05, 3.63) is 76.2 Å². The Morgan fingerprint density at radius 2 is 1.92 bits per heavy atom. The van der Waals surface area contributed by atoms with Crippen molar-refractivity contribution in [2.45, 2.75) is 13.8 Å². The summed E-state index contributed by atoms with van der Waals surface area (Å²) in [5, 5.41) is 15.3. The molecule has 0 atom stereocenters. The second kappa shape index (κ2) is 7.12. The first-order valence-electron chi connectivity index (χ1n) is 7.62. The number of rotatable bonds is 4. The third-order valence-corrected chi connectivity index (χ3v) is 4.48. The molecule has 24 heavy (non-hydrogen) atoms. The number of allylic oxidation sites excluding steroid dienone is 1. The normalized spacial score (nSPS) is 11.1. The lowest BCUT2D eigenvalue weighted by Crippen LogP contribution is -1.91. The van der Waals surface area contributed by atoms with Gasteiger partial charge in [-0.2, -0.15) is 5.26 Å². The van der Waals surface area contributed by atoms with Crippen LogP contribution in [0.2, 0.25) is 0 Å². The van der Waals surface area contributed by atoms with Gasteiger partial charge in [-0.25, -0.2) is 4.98 Å². The lowest BCUT2D eigenvalue weighted by molar-refractivity contribution is 1.35. The number of nitrogens with zero attached hydrogens (tertiary/aromatic N) is 2. The summed E-state index contributed by atoms with van der Waals surface area (Å²) >= 11 is 1.48. The molecular formula is C20H17N3S. The zero-order valence-corrected chi connectivity index (χ0v) is 14.4. The maximum Gasteiger partial charge on any atom is 0.136 e. The van der Waals surface area contributed by atoms with Crippen LogP contribution in [-0.2, 0) is 0 Å². The van der Waals surface area contributed by atoms with Crippen molar-refractivity contribution >= 4 is 22.6 Å². The Hall–Kier alpha value is -2.90. The highest BCUT2D eigenvalue weighted by atomic mass is 32.1. The SMILES string of the molecule is Cc1ccc(-c2csc(/C(C#N)=C/Nc3cccc(C)c3)n2)cc1. The van der Waals surface area contributed by atoms with Crippen LogP contribution in [0.5, 0.6) is 0 Å². The standard InChI is InChI=1S/C20H17N3S/c1-14-6-8-16(9-7-14)19-13-24-20(23-19)17(11-21)12-22-18-5-3-4-15(2)10-18/h3-10,12-13,22H,1-2H3/b17-12+. The molecule has 0 radical (unpaired) electrons. The van der Waals surface area contributed by atoms with Gasteiger partial charge in [0.1, 0.15) is 16.6 Å². The number of aromatic nitrogens is 1. The number of nitrogens with one attached hydrogen (secondary N) is 1. The van der Waals surface area contributed by atoms with Crippen LogP contribution in [0.3, 0.4) is 0 Å². The fraction of sp³-hybridized carbons (Fsp3) is 0.100. The molecule has 1 N–H and O–H groups in total. The Labute approximate surface area is 145 Å². The second-order valence-electron chi connectivity index (χ2n) is 5.59. The van der Waals surface area contributed by atoms with Gasteiger partial charge >= 0.3 is 0 Å². The lowest BCUT2D eigenvalue weighted by atomic mass is 10.1. The smallest absolute Gasteiger partial charge is 0.136 e. The van der Waals surface area contributed by atoms with Gasteiger partial charge in [-0.1, -0.05) is 42.0 Å². The first kappa shape index (κ1) is 16.0. The fourth-order valence-corrected chi connectivity index (χ4v) is 3.08. The van der Waals surface area contributed by atoms with Crippen LogP contribution < -0.4 is 5.32 Å². The predicted octanol–water partition coefficient (Wildman–Crippen LogP) is 5.40. The summed E-state index contributed by atoms with van der Waals surface area (Å²) in [6.07, 6.45) is 1.71. The highest BCUT2D eigenvalue weighted by Gasteiger charge is 2.08. The zero-order chi connectivity index (χ0) is 16.9. The summed E-state index contributed by atoms with van der Waals surface area (Å²) in [5.74, 6) is 0. The van der Waals surface area contributed by atoms with Crippen LogP contribution in [0.1, 0.15) is 16.1 Å². The molecule has 0 fully saturated rings. The van der Waals surface area contributed by atoms with Gasteiger partial charge in [0, 0.05) is 22.8 Å². The highest BCUT2D eigenvalue weighted by molar-refractivity contribution is 7.11. The molecule has 0 aliphatic carbocycles. The van der Waals surface area contributed by atoms with Crippen LogP contribution in [0.4, 0.5) is 5.69 Å². The van der Waals surface area contributed by atoms with Crippen molar-refractivity contribution in [1.82, 2.24) is 4.98 Å². The summed E-state index contributed by atoms with van der Waals surface area (Å²) in [4.78, 5) is 4.60. The van der Waals surface area contributed by atoms with E-state index >= 15 is 0 Å². The van der Waals surface area contributed by atoms with E-state index in [1.54, 1.807) is 6.20 Å². The summed E-state index contributed by atoms with van der Waals surface area (Å²) < 4.78 is 0. The molecule has 3 rings (SSSR count). The Kier molecular flexibility index (Phi) is 4.74. The molecule has 3 nitrogen and oxygen atoms in total. The summed E-state index contributed by atoms with van der Waals surface area (Å²) in [6.45, 7) is 4.10. The molecule has 0 aliphatic heterocycles. The number of hydrogen-bond acceptors (Lipinski definition) is 4. The van der Waals surface area contributed by atoms with E-state index in [0.29, 0.717) is 10.6 Å². The van der Waals surface area contributed by atoms with E-state index in [4.69, 9.17) is 0 Å². The number of thiazole rings is 1. The average Bonchev–Trinajstić information content (AvgIpc) is 3.06. The van der Waals surface area contributed by atoms with E-state index in [1.165, 1.54) is 22.5 Å². The Morgan fingerprint density at radius 3 is 2.62 bits per heavy atom. The maximum absolute atomic E-state index is 9.44. The molecule has 0 saturated heterocycles. The maximum atomic E-state index is 9.44. The summed E-state index contributed by atoms with van der Waals surface area (Å²) in [5.41, 5.74) is 5.83. The quantitative estimate of drug-likeness (QED) is 0.651. The van der Waals surface area contributed by atoms with E-state index in [2.05, 4.69) is 47.6 Å².